The third-order valence-electron chi connectivity index (χ3n) is 3.62. The lowest BCUT2D eigenvalue weighted by molar-refractivity contribution is -0.384. The first-order chi connectivity index (χ1) is 11.0. The second kappa shape index (κ2) is 7.40. The van der Waals surface area contributed by atoms with Crippen LogP contribution in [0.3, 0.4) is 0 Å². The zero-order valence-corrected chi connectivity index (χ0v) is 13.1. The average Bonchev–Trinajstić information content (AvgIpc) is 2.55. The van der Waals surface area contributed by atoms with E-state index >= 15 is 0 Å². The Bertz CT molecular complexity index is 701. The number of aryl methyl sites for hydroxylation is 1. The molecule has 0 saturated heterocycles. The number of anilines is 1. The van der Waals surface area contributed by atoms with Crippen LogP contribution in [-0.2, 0) is 0 Å². The molecule has 0 bridgehead atoms. The molecule has 1 atom stereocenters. The fourth-order valence-electron chi connectivity index (χ4n) is 2.17. The molecule has 0 unspecified atom stereocenters. The van der Waals surface area contributed by atoms with E-state index in [2.05, 4.69) is 10.6 Å². The van der Waals surface area contributed by atoms with Gasteiger partial charge < -0.3 is 10.6 Å². The standard InChI is InChI=1S/C17H19N3O3/c1-12-8-9-15(20(22)23)10-16(12)19-17(21)18-11-13(2)14-6-4-3-5-7-14/h3-10,13H,11H2,1-2H3,(H2,18,19,21)/t13-/m1/s1. The van der Waals surface area contributed by atoms with E-state index < -0.39 is 4.92 Å². The minimum Gasteiger partial charge on any atom is -0.337 e. The van der Waals surface area contributed by atoms with Gasteiger partial charge in [0.1, 0.15) is 0 Å². The summed E-state index contributed by atoms with van der Waals surface area (Å²) < 4.78 is 0. The Morgan fingerprint density at radius 1 is 1.22 bits per heavy atom. The van der Waals surface area contributed by atoms with Gasteiger partial charge in [0.15, 0.2) is 0 Å². The van der Waals surface area contributed by atoms with Crippen molar-refractivity contribution in [3.05, 3.63) is 69.8 Å². The number of rotatable bonds is 5. The molecule has 2 amide bonds. The lowest BCUT2D eigenvalue weighted by Crippen LogP contribution is -2.32. The summed E-state index contributed by atoms with van der Waals surface area (Å²) in [5.74, 6) is 0.174. The highest BCUT2D eigenvalue weighted by molar-refractivity contribution is 5.90. The molecule has 23 heavy (non-hydrogen) atoms. The molecule has 0 spiro atoms. The maximum absolute atomic E-state index is 12.0. The van der Waals surface area contributed by atoms with Crippen molar-refractivity contribution < 1.29 is 9.72 Å². The largest absolute Gasteiger partial charge is 0.337 e. The van der Waals surface area contributed by atoms with Gasteiger partial charge in [-0.1, -0.05) is 43.3 Å². The Morgan fingerprint density at radius 2 is 1.91 bits per heavy atom. The van der Waals surface area contributed by atoms with Crippen LogP contribution in [0.15, 0.2) is 48.5 Å². The van der Waals surface area contributed by atoms with Crippen molar-refractivity contribution >= 4 is 17.4 Å². The van der Waals surface area contributed by atoms with Gasteiger partial charge in [0.05, 0.1) is 10.6 Å². The first kappa shape index (κ1) is 16.5. The number of hydrogen-bond donors (Lipinski definition) is 2. The second-order valence-electron chi connectivity index (χ2n) is 5.40. The van der Waals surface area contributed by atoms with Crippen LogP contribution in [0.25, 0.3) is 0 Å². The van der Waals surface area contributed by atoms with Crippen LogP contribution in [0.4, 0.5) is 16.2 Å². The third-order valence-corrected chi connectivity index (χ3v) is 3.62. The molecule has 6 heteroatoms. The molecule has 0 fully saturated rings. The summed E-state index contributed by atoms with van der Waals surface area (Å²) in [4.78, 5) is 22.3. The highest BCUT2D eigenvalue weighted by Crippen LogP contribution is 2.21. The number of nitrogens with zero attached hydrogens (tertiary/aromatic N) is 1. The number of carbonyl (C=O) groups is 1. The smallest absolute Gasteiger partial charge is 0.319 e. The van der Waals surface area contributed by atoms with Crippen LogP contribution >= 0.6 is 0 Å². The second-order valence-corrected chi connectivity index (χ2v) is 5.40. The van der Waals surface area contributed by atoms with E-state index in [0.29, 0.717) is 12.2 Å². The number of non-ortho nitro benzene ring substituents is 1. The number of nitrogens with one attached hydrogen (secondary N) is 2. The number of amides is 2. The maximum atomic E-state index is 12.0. The van der Waals surface area contributed by atoms with Gasteiger partial charge in [0.2, 0.25) is 0 Å². The molecule has 6 nitrogen and oxygen atoms in total. The van der Waals surface area contributed by atoms with Gasteiger partial charge >= 0.3 is 6.03 Å². The van der Waals surface area contributed by atoms with Gasteiger partial charge in [0, 0.05) is 18.7 Å². The summed E-state index contributed by atoms with van der Waals surface area (Å²) in [6, 6.07) is 13.9. The van der Waals surface area contributed by atoms with Crippen LogP contribution in [0.5, 0.6) is 0 Å². The minimum atomic E-state index is -0.486. The number of carbonyl (C=O) groups excluding carboxylic acids is 1. The monoisotopic (exact) mass is 313 g/mol. The van der Waals surface area contributed by atoms with E-state index in [0.717, 1.165) is 11.1 Å². The maximum Gasteiger partial charge on any atom is 0.319 e. The number of hydrogen-bond acceptors (Lipinski definition) is 3. The van der Waals surface area contributed by atoms with E-state index in [9.17, 15) is 14.9 Å². The Morgan fingerprint density at radius 3 is 2.57 bits per heavy atom. The number of urea groups is 1. The summed E-state index contributed by atoms with van der Waals surface area (Å²) in [7, 11) is 0. The van der Waals surface area contributed by atoms with Crippen LogP contribution in [-0.4, -0.2) is 17.5 Å². The van der Waals surface area contributed by atoms with Crippen molar-refractivity contribution in [2.24, 2.45) is 0 Å². The molecular weight excluding hydrogens is 294 g/mol. The Kier molecular flexibility index (Phi) is 5.30. The van der Waals surface area contributed by atoms with Crippen LogP contribution in [0.1, 0.15) is 24.0 Å². The molecule has 0 aliphatic heterocycles. The number of nitro groups is 1. The quantitative estimate of drug-likeness (QED) is 0.650. The molecule has 0 aliphatic rings. The van der Waals surface area contributed by atoms with Crippen molar-refractivity contribution in [3.8, 4) is 0 Å². The van der Waals surface area contributed by atoms with Crippen molar-refractivity contribution in [2.45, 2.75) is 19.8 Å². The number of benzene rings is 2. The van der Waals surface area contributed by atoms with Gasteiger partial charge in [-0.3, -0.25) is 10.1 Å². The first-order valence-corrected chi connectivity index (χ1v) is 7.32. The fourth-order valence-corrected chi connectivity index (χ4v) is 2.17. The van der Waals surface area contributed by atoms with Crippen LogP contribution in [0.2, 0.25) is 0 Å². The molecule has 0 radical (unpaired) electrons. The van der Waals surface area contributed by atoms with E-state index in [-0.39, 0.29) is 17.6 Å². The molecule has 0 heterocycles. The predicted octanol–water partition coefficient (Wildman–Crippen LogP) is 3.83. The zero-order chi connectivity index (χ0) is 16.8. The third kappa shape index (κ3) is 4.54. The molecule has 0 saturated carbocycles. The van der Waals surface area contributed by atoms with Crippen LogP contribution in [0, 0.1) is 17.0 Å². The summed E-state index contributed by atoms with van der Waals surface area (Å²) >= 11 is 0. The van der Waals surface area contributed by atoms with Gasteiger partial charge in [-0.2, -0.15) is 0 Å². The highest BCUT2D eigenvalue weighted by atomic mass is 16.6. The lowest BCUT2D eigenvalue weighted by atomic mass is 10.0. The molecule has 120 valence electrons. The summed E-state index contributed by atoms with van der Waals surface area (Å²) in [6.45, 7) is 4.28. The van der Waals surface area contributed by atoms with Gasteiger partial charge in [-0.25, -0.2) is 4.79 Å². The Hall–Kier alpha value is -2.89. The molecular formula is C17H19N3O3. The minimum absolute atomic E-state index is 0.0523. The van der Waals surface area contributed by atoms with Crippen molar-refractivity contribution in [1.29, 1.82) is 0 Å². The SMILES string of the molecule is Cc1ccc([N+](=O)[O-])cc1NC(=O)NC[C@@H](C)c1ccccc1. The zero-order valence-electron chi connectivity index (χ0n) is 13.1. The Balaban J connectivity index is 1.95. The Labute approximate surface area is 134 Å². The predicted molar refractivity (Wildman–Crippen MR) is 89.7 cm³/mol. The van der Waals surface area contributed by atoms with E-state index in [1.165, 1.54) is 12.1 Å². The average molecular weight is 313 g/mol. The molecule has 2 aromatic carbocycles. The van der Waals surface area contributed by atoms with Crippen molar-refractivity contribution in [1.82, 2.24) is 5.32 Å². The van der Waals surface area contributed by atoms with Crippen LogP contribution < -0.4 is 10.6 Å². The molecule has 0 aromatic heterocycles. The van der Waals surface area contributed by atoms with E-state index in [1.54, 1.807) is 13.0 Å². The van der Waals surface area contributed by atoms with Gasteiger partial charge in [-0.05, 0) is 24.0 Å². The molecule has 2 aromatic rings. The van der Waals surface area contributed by atoms with Gasteiger partial charge in [0.25, 0.3) is 5.69 Å². The number of nitro benzene ring substituents is 1. The lowest BCUT2D eigenvalue weighted by Gasteiger charge is -2.14. The first-order valence-electron chi connectivity index (χ1n) is 7.32. The normalized spacial score (nSPS) is 11.6. The highest BCUT2D eigenvalue weighted by Gasteiger charge is 2.12. The van der Waals surface area contributed by atoms with E-state index in [1.807, 2.05) is 37.3 Å². The van der Waals surface area contributed by atoms with Gasteiger partial charge in [-0.15, -0.1) is 0 Å². The summed E-state index contributed by atoms with van der Waals surface area (Å²) in [5.41, 5.74) is 2.29. The molecule has 2 rings (SSSR count). The topological polar surface area (TPSA) is 84.3 Å². The van der Waals surface area contributed by atoms with Crippen molar-refractivity contribution in [2.75, 3.05) is 11.9 Å². The van der Waals surface area contributed by atoms with E-state index in [4.69, 9.17) is 0 Å². The molecule has 2 N–H and O–H groups in total. The summed E-state index contributed by atoms with van der Waals surface area (Å²) in [5, 5.41) is 16.2. The summed E-state index contributed by atoms with van der Waals surface area (Å²) in [6.07, 6.45) is 0. The fraction of sp³-hybridized carbons (Fsp3) is 0.235. The van der Waals surface area contributed by atoms with Crippen molar-refractivity contribution in [3.63, 3.8) is 0 Å². The molecule has 0 aliphatic carbocycles.